The first-order valence-corrected chi connectivity index (χ1v) is 8.55. The van der Waals surface area contributed by atoms with E-state index in [1.54, 1.807) is 0 Å². The highest BCUT2D eigenvalue weighted by atomic mass is 16.5. The maximum absolute atomic E-state index is 9.98. The summed E-state index contributed by atoms with van der Waals surface area (Å²) in [5.41, 5.74) is 0. The Labute approximate surface area is 139 Å². The highest BCUT2D eigenvalue weighted by Gasteiger charge is 2.19. The van der Waals surface area contributed by atoms with Crippen molar-refractivity contribution in [2.24, 2.45) is 0 Å². The lowest BCUT2D eigenvalue weighted by molar-refractivity contribution is -0.0149. The van der Waals surface area contributed by atoms with Crippen molar-refractivity contribution in [2.45, 2.75) is 26.1 Å². The van der Waals surface area contributed by atoms with Gasteiger partial charge in [0.2, 0.25) is 0 Å². The van der Waals surface area contributed by atoms with Gasteiger partial charge in [-0.2, -0.15) is 0 Å². The molecule has 0 spiro atoms. The molecule has 1 saturated heterocycles. The van der Waals surface area contributed by atoms with Crippen molar-refractivity contribution in [3.63, 3.8) is 0 Å². The standard InChI is InChI=1S/C18H30N2O3/c1-16(2)23-15-17(21)14-20-10-8-19(9-11-20)12-13-22-18-6-4-3-5-7-18/h3-7,16-17,21H,8-15H2,1-2H3. The van der Waals surface area contributed by atoms with E-state index in [2.05, 4.69) is 9.80 Å². The first-order chi connectivity index (χ1) is 11.1. The van der Waals surface area contributed by atoms with Gasteiger partial charge < -0.3 is 14.6 Å². The Bertz CT molecular complexity index is 420. The zero-order valence-corrected chi connectivity index (χ0v) is 14.4. The van der Waals surface area contributed by atoms with E-state index in [1.165, 1.54) is 0 Å². The number of aliphatic hydroxyl groups excluding tert-OH is 1. The van der Waals surface area contributed by atoms with Crippen molar-refractivity contribution in [1.82, 2.24) is 9.80 Å². The molecule has 1 atom stereocenters. The predicted octanol–water partition coefficient (Wildman–Crippen LogP) is 1.47. The summed E-state index contributed by atoms with van der Waals surface area (Å²) in [6.45, 7) is 10.8. The molecule has 1 unspecified atom stereocenters. The summed E-state index contributed by atoms with van der Waals surface area (Å²) in [5, 5.41) is 9.98. The second kappa shape index (κ2) is 9.88. The van der Waals surface area contributed by atoms with E-state index < -0.39 is 6.10 Å². The lowest BCUT2D eigenvalue weighted by Crippen LogP contribution is -2.49. The summed E-state index contributed by atoms with van der Waals surface area (Å²) in [5.74, 6) is 0.930. The fourth-order valence-corrected chi connectivity index (χ4v) is 2.66. The Hall–Kier alpha value is -1.14. The van der Waals surface area contributed by atoms with Crippen molar-refractivity contribution in [3.05, 3.63) is 30.3 Å². The van der Waals surface area contributed by atoms with Gasteiger partial charge in [-0.15, -0.1) is 0 Å². The number of β-amino-alcohol motifs (C(OH)–C–C–N with tert-alkyl or cyclic N) is 1. The van der Waals surface area contributed by atoms with Gasteiger partial charge in [-0.1, -0.05) is 18.2 Å². The van der Waals surface area contributed by atoms with Gasteiger partial charge in [-0.3, -0.25) is 9.80 Å². The Morgan fingerprint density at radius 3 is 2.35 bits per heavy atom. The average molecular weight is 322 g/mol. The quantitative estimate of drug-likeness (QED) is 0.746. The van der Waals surface area contributed by atoms with Crippen molar-refractivity contribution in [2.75, 3.05) is 52.5 Å². The van der Waals surface area contributed by atoms with Crippen LogP contribution in [0.15, 0.2) is 30.3 Å². The molecule has 23 heavy (non-hydrogen) atoms. The van der Waals surface area contributed by atoms with E-state index in [1.807, 2.05) is 44.2 Å². The third-order valence-electron chi connectivity index (χ3n) is 3.98. The molecule has 1 aromatic carbocycles. The SMILES string of the molecule is CC(C)OCC(O)CN1CCN(CCOc2ccccc2)CC1. The minimum Gasteiger partial charge on any atom is -0.492 e. The second-order valence-corrected chi connectivity index (χ2v) is 6.34. The number of piperazine rings is 1. The maximum atomic E-state index is 9.98. The third kappa shape index (κ3) is 7.31. The molecule has 1 N–H and O–H groups in total. The van der Waals surface area contributed by atoms with Crippen LogP contribution >= 0.6 is 0 Å². The number of benzene rings is 1. The van der Waals surface area contributed by atoms with Gasteiger partial charge in [-0.25, -0.2) is 0 Å². The van der Waals surface area contributed by atoms with Crippen molar-refractivity contribution in [3.8, 4) is 5.75 Å². The van der Waals surface area contributed by atoms with Crippen LogP contribution in [0.1, 0.15) is 13.8 Å². The van der Waals surface area contributed by atoms with Crippen LogP contribution in [-0.2, 0) is 4.74 Å². The smallest absolute Gasteiger partial charge is 0.119 e. The van der Waals surface area contributed by atoms with Crippen LogP contribution in [0.2, 0.25) is 0 Å². The number of rotatable bonds is 9. The number of nitrogens with zero attached hydrogens (tertiary/aromatic N) is 2. The molecule has 0 aromatic heterocycles. The molecule has 5 heteroatoms. The molecule has 0 aliphatic carbocycles. The highest BCUT2D eigenvalue weighted by Crippen LogP contribution is 2.09. The number of hydrogen-bond donors (Lipinski definition) is 1. The fourth-order valence-electron chi connectivity index (χ4n) is 2.66. The molecular formula is C18H30N2O3. The van der Waals surface area contributed by atoms with Crippen molar-refractivity contribution < 1.29 is 14.6 Å². The summed E-state index contributed by atoms with van der Waals surface area (Å²) < 4.78 is 11.2. The van der Waals surface area contributed by atoms with Gasteiger partial charge in [0.15, 0.2) is 0 Å². The molecule has 0 bridgehead atoms. The molecule has 5 nitrogen and oxygen atoms in total. The molecule has 0 saturated carbocycles. The third-order valence-corrected chi connectivity index (χ3v) is 3.98. The van der Waals surface area contributed by atoms with E-state index in [0.29, 0.717) is 13.2 Å². The van der Waals surface area contributed by atoms with Gasteiger partial charge in [0.1, 0.15) is 12.4 Å². The normalized spacial score (nSPS) is 18.3. The molecule has 0 radical (unpaired) electrons. The van der Waals surface area contributed by atoms with Gasteiger partial charge in [0.05, 0.1) is 18.8 Å². The number of aliphatic hydroxyl groups is 1. The first-order valence-electron chi connectivity index (χ1n) is 8.55. The van der Waals surface area contributed by atoms with E-state index >= 15 is 0 Å². The van der Waals surface area contributed by atoms with Crippen molar-refractivity contribution in [1.29, 1.82) is 0 Å². The van der Waals surface area contributed by atoms with Crippen LogP contribution in [-0.4, -0.2) is 79.6 Å². The summed E-state index contributed by atoms with van der Waals surface area (Å²) in [6, 6.07) is 9.94. The van der Waals surface area contributed by atoms with E-state index in [9.17, 15) is 5.11 Å². The lowest BCUT2D eigenvalue weighted by Gasteiger charge is -2.35. The summed E-state index contributed by atoms with van der Waals surface area (Å²) in [7, 11) is 0. The maximum Gasteiger partial charge on any atom is 0.119 e. The molecular weight excluding hydrogens is 292 g/mol. The fraction of sp³-hybridized carbons (Fsp3) is 0.667. The Morgan fingerprint density at radius 2 is 1.70 bits per heavy atom. The molecule has 1 aromatic rings. The van der Waals surface area contributed by atoms with Crippen LogP contribution in [0, 0.1) is 0 Å². The van der Waals surface area contributed by atoms with Crippen LogP contribution in [0.3, 0.4) is 0 Å². The zero-order valence-electron chi connectivity index (χ0n) is 14.4. The lowest BCUT2D eigenvalue weighted by atomic mass is 10.2. The molecule has 2 rings (SSSR count). The minimum absolute atomic E-state index is 0.172. The minimum atomic E-state index is -0.398. The second-order valence-electron chi connectivity index (χ2n) is 6.34. The van der Waals surface area contributed by atoms with Gasteiger partial charge in [-0.05, 0) is 26.0 Å². The molecule has 0 amide bonds. The largest absolute Gasteiger partial charge is 0.492 e. The van der Waals surface area contributed by atoms with Crippen LogP contribution in [0.4, 0.5) is 0 Å². The van der Waals surface area contributed by atoms with Crippen LogP contribution in [0.5, 0.6) is 5.75 Å². The van der Waals surface area contributed by atoms with Crippen LogP contribution in [0.25, 0.3) is 0 Å². The summed E-state index contributed by atoms with van der Waals surface area (Å²) in [4.78, 5) is 4.72. The predicted molar refractivity (Wildman–Crippen MR) is 91.9 cm³/mol. The van der Waals surface area contributed by atoms with Crippen LogP contribution < -0.4 is 4.74 Å². The van der Waals surface area contributed by atoms with E-state index in [4.69, 9.17) is 9.47 Å². The summed E-state index contributed by atoms with van der Waals surface area (Å²) in [6.07, 6.45) is -0.225. The summed E-state index contributed by atoms with van der Waals surface area (Å²) >= 11 is 0. The van der Waals surface area contributed by atoms with Gasteiger partial charge in [0.25, 0.3) is 0 Å². The number of ether oxygens (including phenoxy) is 2. The molecule has 1 aliphatic rings. The molecule has 130 valence electrons. The van der Waals surface area contributed by atoms with E-state index in [0.717, 1.165) is 45.1 Å². The monoisotopic (exact) mass is 322 g/mol. The van der Waals surface area contributed by atoms with E-state index in [-0.39, 0.29) is 6.10 Å². The number of para-hydroxylation sites is 1. The average Bonchev–Trinajstić information content (AvgIpc) is 2.56. The number of hydrogen-bond acceptors (Lipinski definition) is 5. The first kappa shape index (κ1) is 18.2. The Balaban J connectivity index is 1.57. The van der Waals surface area contributed by atoms with Gasteiger partial charge in [0, 0.05) is 39.3 Å². The molecule has 1 heterocycles. The van der Waals surface area contributed by atoms with Gasteiger partial charge >= 0.3 is 0 Å². The highest BCUT2D eigenvalue weighted by molar-refractivity contribution is 5.20. The Morgan fingerprint density at radius 1 is 1.04 bits per heavy atom. The molecule has 1 fully saturated rings. The van der Waals surface area contributed by atoms with Crippen molar-refractivity contribution >= 4 is 0 Å². The zero-order chi connectivity index (χ0) is 16.5. The topological polar surface area (TPSA) is 45.2 Å². The molecule has 1 aliphatic heterocycles. The Kier molecular flexibility index (Phi) is 7.82.